The van der Waals surface area contributed by atoms with Gasteiger partial charge in [0.05, 0.1) is 22.5 Å². The predicted molar refractivity (Wildman–Crippen MR) is 104 cm³/mol. The number of fused-ring (bicyclic) bond motifs is 1. The zero-order valence-corrected chi connectivity index (χ0v) is 15.5. The van der Waals surface area contributed by atoms with Crippen LogP contribution in [0.2, 0.25) is 0 Å². The normalized spacial score (nSPS) is 10.8. The fraction of sp³-hybridized carbons (Fsp3) is 0.250. The van der Waals surface area contributed by atoms with Crippen molar-refractivity contribution < 1.29 is 4.79 Å². The van der Waals surface area contributed by atoms with Crippen LogP contribution in [0.1, 0.15) is 18.2 Å². The van der Waals surface area contributed by atoms with Gasteiger partial charge in [0.1, 0.15) is 5.03 Å². The highest BCUT2D eigenvalue weighted by atomic mass is 32.2. The lowest BCUT2D eigenvalue weighted by Crippen LogP contribution is -2.32. The smallest absolute Gasteiger partial charge is 0.237 e. The number of anilines is 1. The molecule has 1 amide bonds. The maximum absolute atomic E-state index is 12.7. The molecule has 3 aromatic rings. The van der Waals surface area contributed by atoms with E-state index < -0.39 is 0 Å². The molecular weight excluding hydrogens is 330 g/mol. The Kier molecular flexibility index (Phi) is 5.34. The number of para-hydroxylation sites is 3. The number of aryl methyl sites for hydroxylation is 2. The van der Waals surface area contributed by atoms with Crippen LogP contribution in [0.5, 0.6) is 0 Å². The van der Waals surface area contributed by atoms with Gasteiger partial charge in [0.2, 0.25) is 5.91 Å². The van der Waals surface area contributed by atoms with E-state index in [1.165, 1.54) is 11.8 Å². The summed E-state index contributed by atoms with van der Waals surface area (Å²) in [4.78, 5) is 23.8. The molecule has 0 N–H and O–H groups in total. The highest BCUT2D eigenvalue weighted by Crippen LogP contribution is 2.24. The van der Waals surface area contributed by atoms with Crippen molar-refractivity contribution in [1.29, 1.82) is 0 Å². The zero-order chi connectivity index (χ0) is 17.8. The molecule has 25 heavy (non-hydrogen) atoms. The van der Waals surface area contributed by atoms with Crippen molar-refractivity contribution in [1.82, 2.24) is 9.97 Å². The molecule has 2 aromatic carbocycles. The standard InChI is InChI=1S/C20H21N3OS/c1-4-23(18-12-8-5-9-14(18)2)19(24)13-25-20-15(3)21-16-10-6-7-11-17(16)22-20/h5-12H,4,13H2,1-3H3. The molecule has 0 bridgehead atoms. The van der Waals surface area contributed by atoms with Crippen LogP contribution in [0.4, 0.5) is 5.69 Å². The summed E-state index contributed by atoms with van der Waals surface area (Å²) in [6, 6.07) is 15.8. The Morgan fingerprint density at radius 1 is 1.00 bits per heavy atom. The van der Waals surface area contributed by atoms with Crippen molar-refractivity contribution in [2.45, 2.75) is 25.8 Å². The van der Waals surface area contributed by atoms with Gasteiger partial charge in [0.25, 0.3) is 0 Å². The second-order valence-electron chi connectivity index (χ2n) is 5.82. The van der Waals surface area contributed by atoms with Crippen molar-refractivity contribution in [2.75, 3.05) is 17.2 Å². The topological polar surface area (TPSA) is 46.1 Å². The van der Waals surface area contributed by atoms with Crippen LogP contribution < -0.4 is 4.90 Å². The fourth-order valence-corrected chi connectivity index (χ4v) is 3.60. The molecule has 0 saturated carbocycles. The molecule has 128 valence electrons. The minimum Gasteiger partial charge on any atom is -0.312 e. The van der Waals surface area contributed by atoms with Crippen molar-refractivity contribution in [3.8, 4) is 0 Å². The molecule has 0 aliphatic rings. The number of hydrogen-bond donors (Lipinski definition) is 0. The Hall–Kier alpha value is -2.40. The average molecular weight is 351 g/mol. The van der Waals surface area contributed by atoms with Crippen LogP contribution in [0, 0.1) is 13.8 Å². The van der Waals surface area contributed by atoms with E-state index in [4.69, 9.17) is 0 Å². The maximum Gasteiger partial charge on any atom is 0.237 e. The number of aromatic nitrogens is 2. The lowest BCUT2D eigenvalue weighted by Gasteiger charge is -2.22. The molecule has 1 aromatic heterocycles. The first-order valence-corrected chi connectivity index (χ1v) is 9.31. The van der Waals surface area contributed by atoms with Crippen molar-refractivity contribution >= 4 is 34.4 Å². The molecule has 4 nitrogen and oxygen atoms in total. The van der Waals surface area contributed by atoms with Gasteiger partial charge in [-0.2, -0.15) is 0 Å². The molecule has 0 saturated heterocycles. The van der Waals surface area contributed by atoms with Gasteiger partial charge >= 0.3 is 0 Å². The molecule has 1 heterocycles. The summed E-state index contributed by atoms with van der Waals surface area (Å²) in [5.74, 6) is 0.423. The number of hydrogen-bond acceptors (Lipinski definition) is 4. The highest BCUT2D eigenvalue weighted by molar-refractivity contribution is 8.00. The van der Waals surface area contributed by atoms with Gasteiger partial charge in [-0.15, -0.1) is 0 Å². The first-order chi connectivity index (χ1) is 12.1. The summed E-state index contributed by atoms with van der Waals surface area (Å²) in [6.45, 7) is 6.60. The second kappa shape index (κ2) is 7.66. The lowest BCUT2D eigenvalue weighted by molar-refractivity contribution is -0.116. The zero-order valence-electron chi connectivity index (χ0n) is 14.7. The van der Waals surface area contributed by atoms with E-state index in [0.717, 1.165) is 33.0 Å². The largest absolute Gasteiger partial charge is 0.312 e. The molecule has 0 atom stereocenters. The summed E-state index contributed by atoms with van der Waals surface area (Å²) < 4.78 is 0. The summed E-state index contributed by atoms with van der Waals surface area (Å²) in [5.41, 5.74) is 4.66. The molecule has 0 aliphatic carbocycles. The Bertz CT molecular complexity index is 910. The number of carbonyl (C=O) groups is 1. The van der Waals surface area contributed by atoms with Crippen LogP contribution in [-0.4, -0.2) is 28.2 Å². The molecular formula is C20H21N3OS. The monoisotopic (exact) mass is 351 g/mol. The van der Waals surface area contributed by atoms with Crippen molar-refractivity contribution in [2.24, 2.45) is 0 Å². The van der Waals surface area contributed by atoms with Crippen molar-refractivity contribution in [3.63, 3.8) is 0 Å². The third-order valence-electron chi connectivity index (χ3n) is 4.06. The third kappa shape index (κ3) is 3.82. The summed E-state index contributed by atoms with van der Waals surface area (Å²) in [5, 5.41) is 0.813. The highest BCUT2D eigenvalue weighted by Gasteiger charge is 2.17. The van der Waals surface area contributed by atoms with Crippen LogP contribution in [0.25, 0.3) is 11.0 Å². The van der Waals surface area contributed by atoms with Gasteiger partial charge in [-0.05, 0) is 44.5 Å². The van der Waals surface area contributed by atoms with E-state index in [1.807, 2.05) is 74.2 Å². The molecule has 5 heteroatoms. The quantitative estimate of drug-likeness (QED) is 0.640. The molecule has 0 unspecified atom stereocenters. The number of rotatable bonds is 5. The van der Waals surface area contributed by atoms with Gasteiger partial charge in [-0.25, -0.2) is 9.97 Å². The number of nitrogens with zero attached hydrogens (tertiary/aromatic N) is 3. The van der Waals surface area contributed by atoms with Crippen LogP contribution in [0.3, 0.4) is 0 Å². The lowest BCUT2D eigenvalue weighted by atomic mass is 10.2. The van der Waals surface area contributed by atoms with Gasteiger partial charge < -0.3 is 4.90 Å². The van der Waals surface area contributed by atoms with Crippen LogP contribution in [0.15, 0.2) is 53.6 Å². The minimum absolute atomic E-state index is 0.0798. The molecule has 3 rings (SSSR count). The molecule has 0 spiro atoms. The number of carbonyl (C=O) groups excluding carboxylic acids is 1. The Labute approximate surface area is 152 Å². The first-order valence-electron chi connectivity index (χ1n) is 8.32. The van der Waals surface area contributed by atoms with Crippen LogP contribution >= 0.6 is 11.8 Å². The van der Waals surface area contributed by atoms with E-state index in [1.54, 1.807) is 0 Å². The van der Waals surface area contributed by atoms with Gasteiger partial charge in [-0.3, -0.25) is 4.79 Å². The fourth-order valence-electron chi connectivity index (χ4n) is 2.76. The number of thioether (sulfide) groups is 1. The first kappa shape index (κ1) is 17.4. The molecule has 0 radical (unpaired) electrons. The van der Waals surface area contributed by atoms with Gasteiger partial charge in [-0.1, -0.05) is 42.1 Å². The predicted octanol–water partition coefficient (Wildman–Crippen LogP) is 4.39. The number of amides is 1. The van der Waals surface area contributed by atoms with E-state index in [9.17, 15) is 4.79 Å². The SMILES string of the molecule is CCN(C(=O)CSc1nc2ccccc2nc1C)c1ccccc1C. The van der Waals surface area contributed by atoms with E-state index >= 15 is 0 Å². The summed E-state index contributed by atoms with van der Waals surface area (Å²) in [6.07, 6.45) is 0. The second-order valence-corrected chi connectivity index (χ2v) is 6.78. The van der Waals surface area contributed by atoms with Crippen molar-refractivity contribution in [3.05, 3.63) is 59.8 Å². The van der Waals surface area contributed by atoms with E-state index in [0.29, 0.717) is 12.3 Å². The minimum atomic E-state index is 0.0798. The third-order valence-corrected chi connectivity index (χ3v) is 5.11. The number of benzene rings is 2. The average Bonchev–Trinajstić information content (AvgIpc) is 2.62. The summed E-state index contributed by atoms with van der Waals surface area (Å²) in [7, 11) is 0. The Morgan fingerprint density at radius 2 is 1.64 bits per heavy atom. The molecule has 0 aliphatic heterocycles. The maximum atomic E-state index is 12.7. The Balaban J connectivity index is 1.77. The van der Waals surface area contributed by atoms with Gasteiger partial charge in [0.15, 0.2) is 0 Å². The van der Waals surface area contributed by atoms with E-state index in [-0.39, 0.29) is 5.91 Å². The van der Waals surface area contributed by atoms with Crippen LogP contribution in [-0.2, 0) is 4.79 Å². The molecule has 0 fully saturated rings. The summed E-state index contributed by atoms with van der Waals surface area (Å²) >= 11 is 1.45. The Morgan fingerprint density at radius 3 is 2.32 bits per heavy atom. The van der Waals surface area contributed by atoms with Gasteiger partial charge in [0, 0.05) is 12.2 Å². The van der Waals surface area contributed by atoms with E-state index in [2.05, 4.69) is 9.97 Å².